The minimum Gasteiger partial charge on any atom is -0.344 e. The second kappa shape index (κ2) is 14.8. The van der Waals surface area contributed by atoms with Crippen LogP contribution in [0.2, 0.25) is 0 Å². The Kier molecular flexibility index (Phi) is 8.43. The number of para-hydroxylation sites is 1. The average Bonchev–Trinajstić information content (AvgIpc) is 3.89. The molecule has 0 fully saturated rings. The third-order valence-corrected chi connectivity index (χ3v) is 13.9. The van der Waals surface area contributed by atoms with Gasteiger partial charge in [-0.3, -0.25) is 0 Å². The molecule has 64 heavy (non-hydrogen) atoms. The van der Waals surface area contributed by atoms with E-state index < -0.39 is 0 Å². The maximum Gasteiger partial charge on any atom is 0.160 e. The van der Waals surface area contributed by atoms with Gasteiger partial charge in [-0.1, -0.05) is 164 Å². The Balaban J connectivity index is 1.10. The first-order valence-corrected chi connectivity index (χ1v) is 22.6. The lowest BCUT2D eigenvalue weighted by molar-refractivity contribution is 0.674. The van der Waals surface area contributed by atoms with E-state index >= 15 is 0 Å². The molecule has 13 rings (SSSR count). The lowest BCUT2D eigenvalue weighted by Gasteiger charge is -2.26. The zero-order valence-electron chi connectivity index (χ0n) is 34.6. The normalized spacial score (nSPS) is 14.1. The van der Waals surface area contributed by atoms with E-state index in [0.717, 1.165) is 50.5 Å². The fraction of sp³-hybridized carbons (Fsp3) is 0.0169. The second-order valence-corrected chi connectivity index (χ2v) is 17.6. The van der Waals surface area contributed by atoms with E-state index in [1.54, 1.807) is 0 Å². The molecule has 0 bridgehead atoms. The highest BCUT2D eigenvalue weighted by atomic mass is 32.1. The Morgan fingerprint density at radius 3 is 1.86 bits per heavy atom. The van der Waals surface area contributed by atoms with Crippen molar-refractivity contribution in [2.45, 2.75) is 6.17 Å². The Morgan fingerprint density at radius 1 is 0.422 bits per heavy atom. The molecule has 5 heteroatoms. The number of fused-ring (bicyclic) bond motifs is 8. The van der Waals surface area contributed by atoms with E-state index in [4.69, 9.17) is 9.98 Å². The van der Waals surface area contributed by atoms with E-state index in [2.05, 4.69) is 228 Å². The van der Waals surface area contributed by atoms with Crippen molar-refractivity contribution < 1.29 is 0 Å². The predicted octanol–water partition coefficient (Wildman–Crippen LogP) is 15.3. The first kappa shape index (κ1) is 36.5. The van der Waals surface area contributed by atoms with Gasteiger partial charge in [-0.2, -0.15) is 0 Å². The Bertz CT molecular complexity index is 3880. The van der Waals surface area contributed by atoms with Gasteiger partial charge in [-0.25, -0.2) is 9.98 Å². The van der Waals surface area contributed by atoms with E-state index in [9.17, 15) is 0 Å². The van der Waals surface area contributed by atoms with E-state index in [-0.39, 0.29) is 6.17 Å². The number of nitrogens with one attached hydrogen (secondary N) is 1. The molecule has 0 spiro atoms. The lowest BCUT2D eigenvalue weighted by Crippen LogP contribution is -2.34. The van der Waals surface area contributed by atoms with Crippen LogP contribution in [0.5, 0.6) is 0 Å². The van der Waals surface area contributed by atoms with Crippen molar-refractivity contribution in [1.29, 1.82) is 0 Å². The summed E-state index contributed by atoms with van der Waals surface area (Å²) in [6.07, 6.45) is -0.366. The van der Waals surface area contributed by atoms with Crippen molar-refractivity contribution in [2.24, 2.45) is 9.98 Å². The van der Waals surface area contributed by atoms with Crippen LogP contribution in [-0.2, 0) is 0 Å². The van der Waals surface area contributed by atoms with Crippen LogP contribution in [0.4, 0.5) is 0 Å². The smallest absolute Gasteiger partial charge is 0.160 e. The first-order chi connectivity index (χ1) is 31.7. The van der Waals surface area contributed by atoms with E-state index in [1.165, 1.54) is 63.5 Å². The van der Waals surface area contributed by atoms with Crippen molar-refractivity contribution in [3.8, 4) is 27.9 Å². The van der Waals surface area contributed by atoms with Gasteiger partial charge in [0, 0.05) is 47.8 Å². The minimum absolute atomic E-state index is 0.366. The number of rotatable bonds is 6. The number of thiophene rings is 1. The largest absolute Gasteiger partial charge is 0.344 e. The summed E-state index contributed by atoms with van der Waals surface area (Å²) in [4.78, 5) is 11.0. The third kappa shape index (κ3) is 5.97. The highest BCUT2D eigenvalue weighted by molar-refractivity contribution is 7.26. The molecule has 3 heterocycles. The molecule has 4 nitrogen and oxygen atoms in total. The van der Waals surface area contributed by atoms with Gasteiger partial charge in [0.2, 0.25) is 0 Å². The first-order valence-electron chi connectivity index (χ1n) is 21.8. The highest BCUT2D eigenvalue weighted by Gasteiger charge is 2.26. The topological polar surface area (TPSA) is 41.7 Å². The number of aliphatic imine (C=N–C) groups is 2. The van der Waals surface area contributed by atoms with Gasteiger partial charge in [0.25, 0.3) is 0 Å². The standard InChI is InChI=1S/C59H38N4S/c1-3-16-37(17-4-1)44-24-11-12-26-47(44)58-60-57(38-18-5-2-6-19-38)61-59(62-58)48-31-30-43(63-52-28-14-13-25-45(52)50-32-39-20-7-9-22-41(39)34-53(50)63)36-49(48)46-27-15-29-54-56(46)51-33-40-21-8-10-23-42(40)35-55(51)64-54/h1-36,57H,(H,60,61,62). The van der Waals surface area contributed by atoms with Crippen molar-refractivity contribution in [3.63, 3.8) is 0 Å². The van der Waals surface area contributed by atoms with E-state index in [0.29, 0.717) is 5.84 Å². The zero-order valence-corrected chi connectivity index (χ0v) is 35.4. The molecule has 2 aromatic heterocycles. The SMILES string of the molecule is c1ccc(-c2ccccc2C2=NC(c3ccc(-n4c5ccccc5c5cc6ccccc6cc54)cc3-c3cccc4sc5cc6ccccc6cc5c34)=NC(c3ccccc3)N2)cc1. The molecule has 10 aromatic carbocycles. The van der Waals surface area contributed by atoms with Crippen LogP contribution in [-0.4, -0.2) is 16.2 Å². The Morgan fingerprint density at radius 2 is 1.06 bits per heavy atom. The molecule has 1 unspecified atom stereocenters. The minimum atomic E-state index is -0.366. The molecular weight excluding hydrogens is 797 g/mol. The Labute approximate surface area is 373 Å². The van der Waals surface area contributed by atoms with Crippen molar-refractivity contribution in [3.05, 3.63) is 235 Å². The van der Waals surface area contributed by atoms with Crippen molar-refractivity contribution in [1.82, 2.24) is 9.88 Å². The number of aromatic nitrogens is 1. The summed E-state index contributed by atoms with van der Waals surface area (Å²) in [5.74, 6) is 1.47. The van der Waals surface area contributed by atoms with Gasteiger partial charge in [0.1, 0.15) is 12.0 Å². The van der Waals surface area contributed by atoms with Gasteiger partial charge in [0.05, 0.1) is 11.0 Å². The van der Waals surface area contributed by atoms with E-state index in [1.807, 2.05) is 11.3 Å². The van der Waals surface area contributed by atoms with Gasteiger partial charge < -0.3 is 9.88 Å². The van der Waals surface area contributed by atoms with Gasteiger partial charge in [-0.05, 0) is 104 Å². The molecule has 12 aromatic rings. The molecule has 0 saturated heterocycles. The highest BCUT2D eigenvalue weighted by Crippen LogP contribution is 2.44. The van der Waals surface area contributed by atoms with Crippen LogP contribution in [0.25, 0.3) is 91.5 Å². The predicted molar refractivity (Wildman–Crippen MR) is 271 cm³/mol. The maximum absolute atomic E-state index is 5.52. The number of amidine groups is 2. The summed E-state index contributed by atoms with van der Waals surface area (Å²) in [5.41, 5.74) is 11.0. The summed E-state index contributed by atoms with van der Waals surface area (Å²) < 4.78 is 4.96. The summed E-state index contributed by atoms with van der Waals surface area (Å²) >= 11 is 1.86. The average molecular weight is 835 g/mol. The van der Waals surface area contributed by atoms with Gasteiger partial charge in [-0.15, -0.1) is 11.3 Å². The van der Waals surface area contributed by atoms with Gasteiger partial charge >= 0.3 is 0 Å². The number of benzene rings is 10. The van der Waals surface area contributed by atoms with Crippen LogP contribution < -0.4 is 5.32 Å². The molecule has 0 radical (unpaired) electrons. The summed E-state index contributed by atoms with van der Waals surface area (Å²) in [6.45, 7) is 0. The molecule has 0 amide bonds. The van der Waals surface area contributed by atoms with Crippen LogP contribution in [0.15, 0.2) is 228 Å². The number of hydrogen-bond donors (Lipinski definition) is 1. The monoisotopic (exact) mass is 834 g/mol. The number of hydrogen-bond acceptors (Lipinski definition) is 4. The second-order valence-electron chi connectivity index (χ2n) is 16.6. The molecule has 0 aliphatic carbocycles. The van der Waals surface area contributed by atoms with Crippen LogP contribution in [0.1, 0.15) is 22.9 Å². The van der Waals surface area contributed by atoms with Crippen molar-refractivity contribution >= 4 is 86.5 Å². The summed E-state index contributed by atoms with van der Waals surface area (Å²) in [7, 11) is 0. The zero-order chi connectivity index (χ0) is 42.1. The van der Waals surface area contributed by atoms with Crippen LogP contribution in [0, 0.1) is 0 Å². The Hall–Kier alpha value is -8.12. The number of nitrogens with zero attached hydrogens (tertiary/aromatic N) is 3. The van der Waals surface area contributed by atoms with Gasteiger partial charge in [0.15, 0.2) is 5.84 Å². The molecule has 1 atom stereocenters. The molecular formula is C59H38N4S. The molecule has 0 saturated carbocycles. The fourth-order valence-electron chi connectivity index (χ4n) is 9.83. The molecule has 1 N–H and O–H groups in total. The third-order valence-electron chi connectivity index (χ3n) is 12.8. The lowest BCUT2D eigenvalue weighted by atomic mass is 9.93. The summed E-state index contributed by atoms with van der Waals surface area (Å²) in [5, 5.41) is 13.7. The maximum atomic E-state index is 5.52. The fourth-order valence-corrected chi connectivity index (χ4v) is 11.0. The van der Waals surface area contributed by atoms with Crippen molar-refractivity contribution in [2.75, 3.05) is 0 Å². The molecule has 1 aliphatic heterocycles. The van der Waals surface area contributed by atoms with Crippen LogP contribution in [0.3, 0.4) is 0 Å². The quantitative estimate of drug-likeness (QED) is 0.178. The molecule has 1 aliphatic rings. The van der Waals surface area contributed by atoms with Crippen LogP contribution >= 0.6 is 11.3 Å². The summed E-state index contributed by atoms with van der Waals surface area (Å²) in [6, 6.07) is 78.8. The molecule has 300 valence electrons.